The van der Waals surface area contributed by atoms with Crippen molar-refractivity contribution >= 4 is 11.4 Å². The van der Waals surface area contributed by atoms with E-state index in [-0.39, 0.29) is 11.6 Å². The lowest BCUT2D eigenvalue weighted by Gasteiger charge is -2.20. The molecule has 0 heterocycles. The highest BCUT2D eigenvalue weighted by molar-refractivity contribution is 5.47. The maximum atomic E-state index is 13.4. The second kappa shape index (κ2) is 6.18. The summed E-state index contributed by atoms with van der Waals surface area (Å²) in [6.45, 7) is 1.23. The van der Waals surface area contributed by atoms with E-state index in [1.165, 1.54) is 18.2 Å². The summed E-state index contributed by atoms with van der Waals surface area (Å²) in [7, 11) is 1.87. The lowest BCUT2D eigenvalue weighted by molar-refractivity contribution is 0.627. The van der Waals surface area contributed by atoms with Crippen LogP contribution in [0.4, 0.5) is 20.2 Å². The van der Waals surface area contributed by atoms with E-state index in [1.54, 1.807) is 24.3 Å². The zero-order valence-electron chi connectivity index (χ0n) is 10.7. The van der Waals surface area contributed by atoms with Gasteiger partial charge >= 0.3 is 0 Å². The molecule has 19 heavy (non-hydrogen) atoms. The highest BCUT2D eigenvalue weighted by Crippen LogP contribution is 2.14. The van der Waals surface area contributed by atoms with Crippen LogP contribution in [0, 0.1) is 11.6 Å². The SMILES string of the molecule is CN(CCNc1ccccc1F)c1cccc(F)c1. The van der Waals surface area contributed by atoms with E-state index in [0.29, 0.717) is 18.8 Å². The van der Waals surface area contributed by atoms with Gasteiger partial charge in [0.2, 0.25) is 0 Å². The first-order chi connectivity index (χ1) is 9.16. The van der Waals surface area contributed by atoms with Gasteiger partial charge in [0.1, 0.15) is 11.6 Å². The van der Waals surface area contributed by atoms with Crippen LogP contribution < -0.4 is 10.2 Å². The van der Waals surface area contributed by atoms with Gasteiger partial charge in [-0.2, -0.15) is 0 Å². The van der Waals surface area contributed by atoms with Crippen molar-refractivity contribution in [2.75, 3.05) is 30.4 Å². The molecule has 0 aliphatic rings. The number of hydrogen-bond donors (Lipinski definition) is 1. The predicted octanol–water partition coefficient (Wildman–Crippen LogP) is 3.51. The molecule has 1 N–H and O–H groups in total. The van der Waals surface area contributed by atoms with Crippen LogP contribution >= 0.6 is 0 Å². The molecule has 0 aliphatic carbocycles. The number of anilines is 2. The molecule has 0 saturated heterocycles. The van der Waals surface area contributed by atoms with Gasteiger partial charge in [0.15, 0.2) is 0 Å². The van der Waals surface area contributed by atoms with Gasteiger partial charge in [-0.15, -0.1) is 0 Å². The third kappa shape index (κ3) is 3.68. The molecule has 2 rings (SSSR count). The molecule has 0 aliphatic heterocycles. The van der Waals surface area contributed by atoms with E-state index in [1.807, 2.05) is 18.0 Å². The molecule has 2 aromatic rings. The van der Waals surface area contributed by atoms with Gasteiger partial charge in [0, 0.05) is 25.8 Å². The quantitative estimate of drug-likeness (QED) is 0.887. The summed E-state index contributed by atoms with van der Waals surface area (Å²) in [6.07, 6.45) is 0. The van der Waals surface area contributed by atoms with E-state index in [0.717, 1.165) is 5.69 Å². The van der Waals surface area contributed by atoms with Gasteiger partial charge < -0.3 is 10.2 Å². The first-order valence-electron chi connectivity index (χ1n) is 6.12. The van der Waals surface area contributed by atoms with Crippen molar-refractivity contribution in [2.45, 2.75) is 0 Å². The first-order valence-corrected chi connectivity index (χ1v) is 6.12. The zero-order valence-corrected chi connectivity index (χ0v) is 10.7. The van der Waals surface area contributed by atoms with Crippen molar-refractivity contribution in [1.82, 2.24) is 0 Å². The van der Waals surface area contributed by atoms with Gasteiger partial charge in [0.25, 0.3) is 0 Å². The number of para-hydroxylation sites is 1. The normalized spacial score (nSPS) is 10.3. The molecule has 0 fully saturated rings. The standard InChI is InChI=1S/C15H16F2N2/c1-19(13-6-4-5-12(16)11-13)10-9-18-15-8-3-2-7-14(15)17/h2-8,11,18H,9-10H2,1H3. The molecule has 0 bridgehead atoms. The molecule has 0 atom stereocenters. The fourth-order valence-corrected chi connectivity index (χ4v) is 1.81. The van der Waals surface area contributed by atoms with E-state index >= 15 is 0 Å². The fourth-order valence-electron chi connectivity index (χ4n) is 1.81. The topological polar surface area (TPSA) is 15.3 Å². The molecule has 0 aromatic heterocycles. The summed E-state index contributed by atoms with van der Waals surface area (Å²) in [5.74, 6) is -0.526. The number of nitrogens with zero attached hydrogens (tertiary/aromatic N) is 1. The van der Waals surface area contributed by atoms with Crippen LogP contribution in [0.3, 0.4) is 0 Å². The van der Waals surface area contributed by atoms with Crippen molar-refractivity contribution in [1.29, 1.82) is 0 Å². The Morgan fingerprint density at radius 3 is 2.58 bits per heavy atom. The van der Waals surface area contributed by atoms with Crippen molar-refractivity contribution in [3.05, 3.63) is 60.2 Å². The maximum Gasteiger partial charge on any atom is 0.146 e. The second-order valence-electron chi connectivity index (χ2n) is 4.31. The first kappa shape index (κ1) is 13.3. The number of halogens is 2. The van der Waals surface area contributed by atoms with Crippen molar-refractivity contribution in [3.8, 4) is 0 Å². The van der Waals surface area contributed by atoms with Crippen molar-refractivity contribution in [2.24, 2.45) is 0 Å². The minimum Gasteiger partial charge on any atom is -0.381 e. The van der Waals surface area contributed by atoms with Crippen molar-refractivity contribution in [3.63, 3.8) is 0 Å². The summed E-state index contributed by atoms with van der Waals surface area (Å²) in [4.78, 5) is 1.91. The van der Waals surface area contributed by atoms with Crippen LogP contribution in [0.25, 0.3) is 0 Å². The Morgan fingerprint density at radius 1 is 1.05 bits per heavy atom. The molecule has 2 aromatic carbocycles. The molecule has 4 heteroatoms. The van der Waals surface area contributed by atoms with Gasteiger partial charge in [-0.3, -0.25) is 0 Å². The zero-order chi connectivity index (χ0) is 13.7. The van der Waals surface area contributed by atoms with Gasteiger partial charge in [-0.05, 0) is 30.3 Å². The summed E-state index contributed by atoms with van der Waals surface area (Å²) >= 11 is 0. The minimum atomic E-state index is -0.268. The summed E-state index contributed by atoms with van der Waals surface area (Å²) in [5.41, 5.74) is 1.28. The molecule has 0 saturated carbocycles. The van der Waals surface area contributed by atoms with Crippen LogP contribution in [0.15, 0.2) is 48.5 Å². The average Bonchev–Trinajstić information content (AvgIpc) is 2.41. The van der Waals surface area contributed by atoms with E-state index < -0.39 is 0 Å². The largest absolute Gasteiger partial charge is 0.381 e. The highest BCUT2D eigenvalue weighted by Gasteiger charge is 2.03. The summed E-state index contributed by atoms with van der Waals surface area (Å²) in [6, 6.07) is 12.9. The lowest BCUT2D eigenvalue weighted by atomic mass is 10.3. The molecule has 0 spiro atoms. The van der Waals surface area contributed by atoms with Gasteiger partial charge in [-0.1, -0.05) is 18.2 Å². The Hall–Kier alpha value is -2.10. The number of rotatable bonds is 5. The molecular weight excluding hydrogens is 246 g/mol. The third-order valence-electron chi connectivity index (χ3n) is 2.89. The Kier molecular flexibility index (Phi) is 4.34. The second-order valence-corrected chi connectivity index (χ2v) is 4.31. The van der Waals surface area contributed by atoms with Crippen LogP contribution in [-0.4, -0.2) is 20.1 Å². The van der Waals surface area contributed by atoms with Crippen molar-refractivity contribution < 1.29 is 8.78 Å². The van der Waals surface area contributed by atoms with Crippen LogP contribution in [-0.2, 0) is 0 Å². The molecule has 0 unspecified atom stereocenters. The maximum absolute atomic E-state index is 13.4. The van der Waals surface area contributed by atoms with Crippen LogP contribution in [0.1, 0.15) is 0 Å². The average molecular weight is 262 g/mol. The van der Waals surface area contributed by atoms with Gasteiger partial charge in [0.05, 0.1) is 5.69 Å². The number of benzene rings is 2. The Morgan fingerprint density at radius 2 is 1.84 bits per heavy atom. The summed E-state index contributed by atoms with van der Waals surface area (Å²) in [5, 5.41) is 3.02. The van der Waals surface area contributed by atoms with E-state index in [9.17, 15) is 8.78 Å². The Balaban J connectivity index is 1.88. The number of hydrogen-bond acceptors (Lipinski definition) is 2. The van der Waals surface area contributed by atoms with Gasteiger partial charge in [-0.25, -0.2) is 8.78 Å². The monoisotopic (exact) mass is 262 g/mol. The van der Waals surface area contributed by atoms with E-state index in [2.05, 4.69) is 5.32 Å². The third-order valence-corrected chi connectivity index (χ3v) is 2.89. The fraction of sp³-hybridized carbons (Fsp3) is 0.200. The number of likely N-dealkylation sites (N-methyl/N-ethyl adjacent to an activating group) is 1. The molecule has 0 amide bonds. The lowest BCUT2D eigenvalue weighted by Crippen LogP contribution is -2.25. The molecule has 0 radical (unpaired) electrons. The van der Waals surface area contributed by atoms with E-state index in [4.69, 9.17) is 0 Å². The summed E-state index contributed by atoms with van der Waals surface area (Å²) < 4.78 is 26.4. The molecule has 100 valence electrons. The molecular formula is C15H16F2N2. The number of nitrogens with one attached hydrogen (secondary N) is 1. The molecule has 2 nitrogen and oxygen atoms in total. The van der Waals surface area contributed by atoms with Crippen LogP contribution in [0.2, 0.25) is 0 Å². The smallest absolute Gasteiger partial charge is 0.146 e. The highest BCUT2D eigenvalue weighted by atomic mass is 19.1. The predicted molar refractivity (Wildman–Crippen MR) is 74.6 cm³/mol. The Labute approximate surface area is 111 Å². The Bertz CT molecular complexity index is 543. The van der Waals surface area contributed by atoms with Crippen LogP contribution in [0.5, 0.6) is 0 Å². The minimum absolute atomic E-state index is 0.258.